The fourth-order valence-electron chi connectivity index (χ4n) is 3.33. The number of anilines is 1. The maximum Gasteiger partial charge on any atom is 0.244 e. The lowest BCUT2D eigenvalue weighted by Gasteiger charge is -2.29. The van der Waals surface area contributed by atoms with Crippen LogP contribution >= 0.6 is 0 Å². The predicted octanol–water partition coefficient (Wildman–Crippen LogP) is 2.28. The van der Waals surface area contributed by atoms with Crippen LogP contribution in [0, 0.1) is 11.7 Å². The van der Waals surface area contributed by atoms with E-state index < -0.39 is 32.7 Å². The van der Waals surface area contributed by atoms with E-state index >= 15 is 0 Å². The molecule has 0 aromatic heterocycles. The molecule has 1 atom stereocenters. The summed E-state index contributed by atoms with van der Waals surface area (Å²) in [7, 11) is -4.18. The smallest absolute Gasteiger partial charge is 0.244 e. The third-order valence-electron chi connectivity index (χ3n) is 5.14. The molecule has 1 saturated heterocycles. The van der Waals surface area contributed by atoms with Gasteiger partial charge in [0.25, 0.3) is 0 Å². The summed E-state index contributed by atoms with van der Waals surface area (Å²) < 4.78 is 46.8. The first-order chi connectivity index (χ1) is 14.8. The van der Waals surface area contributed by atoms with Crippen LogP contribution in [-0.2, 0) is 26.1 Å². The van der Waals surface area contributed by atoms with E-state index in [4.69, 9.17) is 4.74 Å². The number of ether oxygens (including phenoxy) is 1. The molecule has 1 aliphatic heterocycles. The average molecular weight is 450 g/mol. The Hall–Kier alpha value is -2.49. The topological polar surface area (TPSA) is 87.7 Å². The maximum atomic E-state index is 13.9. The number of amides is 1. The van der Waals surface area contributed by atoms with Crippen LogP contribution in [0.5, 0.6) is 0 Å². The van der Waals surface area contributed by atoms with Crippen LogP contribution in [0.4, 0.5) is 10.1 Å². The Bertz CT molecular complexity index is 990. The summed E-state index contributed by atoms with van der Waals surface area (Å²) in [5.74, 6) is -1.66. The van der Waals surface area contributed by atoms with Crippen LogP contribution in [0.1, 0.15) is 19.4 Å². The van der Waals surface area contributed by atoms with Gasteiger partial charge in [0.15, 0.2) is 0 Å². The minimum absolute atomic E-state index is 0.257. The molecule has 7 nitrogen and oxygen atoms in total. The van der Waals surface area contributed by atoms with Gasteiger partial charge in [-0.2, -0.15) is 4.72 Å². The van der Waals surface area contributed by atoms with Crippen LogP contribution in [0.3, 0.4) is 0 Å². The van der Waals surface area contributed by atoms with Crippen LogP contribution in [-0.4, -0.2) is 46.7 Å². The molecule has 9 heteroatoms. The molecule has 0 aliphatic carbocycles. The number of nitrogens with one attached hydrogen (secondary N) is 2. The quantitative estimate of drug-likeness (QED) is 0.646. The van der Waals surface area contributed by atoms with Crippen molar-refractivity contribution < 1.29 is 22.3 Å². The number of carbonyl (C=O) groups excluding carboxylic acids is 1. The Kier molecular flexibility index (Phi) is 7.64. The van der Waals surface area contributed by atoms with Crippen molar-refractivity contribution in [2.45, 2.75) is 31.3 Å². The molecule has 1 amide bonds. The molecule has 0 spiro atoms. The van der Waals surface area contributed by atoms with Crippen molar-refractivity contribution in [3.8, 4) is 0 Å². The second kappa shape index (κ2) is 10.2. The molecule has 3 rings (SSSR count). The van der Waals surface area contributed by atoms with E-state index in [-0.39, 0.29) is 12.5 Å². The van der Waals surface area contributed by atoms with Gasteiger partial charge in [0.1, 0.15) is 16.8 Å². The molecule has 168 valence electrons. The summed E-state index contributed by atoms with van der Waals surface area (Å²) in [5, 5.41) is 2.77. The zero-order valence-corrected chi connectivity index (χ0v) is 18.5. The Balaban J connectivity index is 1.62. The minimum atomic E-state index is -4.18. The van der Waals surface area contributed by atoms with Gasteiger partial charge in [0, 0.05) is 25.3 Å². The lowest BCUT2D eigenvalue weighted by molar-refractivity contribution is -0.123. The van der Waals surface area contributed by atoms with Crippen molar-refractivity contribution in [3.05, 3.63) is 59.9 Å². The zero-order valence-electron chi connectivity index (χ0n) is 17.7. The van der Waals surface area contributed by atoms with Gasteiger partial charge in [-0.15, -0.1) is 0 Å². The second-order valence-corrected chi connectivity index (χ2v) is 9.44. The lowest BCUT2D eigenvalue weighted by Crippen LogP contribution is -2.49. The van der Waals surface area contributed by atoms with Gasteiger partial charge in [0.2, 0.25) is 15.9 Å². The molecule has 0 saturated carbocycles. The van der Waals surface area contributed by atoms with Gasteiger partial charge in [-0.3, -0.25) is 4.79 Å². The second-order valence-electron chi connectivity index (χ2n) is 7.76. The van der Waals surface area contributed by atoms with E-state index in [9.17, 15) is 17.6 Å². The first-order valence-corrected chi connectivity index (χ1v) is 11.7. The number of hydrogen-bond acceptors (Lipinski definition) is 5. The number of morpholine rings is 1. The first-order valence-electron chi connectivity index (χ1n) is 10.2. The van der Waals surface area contributed by atoms with Crippen LogP contribution in [0.15, 0.2) is 53.4 Å². The van der Waals surface area contributed by atoms with E-state index in [1.165, 1.54) is 18.2 Å². The summed E-state index contributed by atoms with van der Waals surface area (Å²) in [6.45, 7) is 6.81. The number of nitrogens with zero attached hydrogens (tertiary/aromatic N) is 1. The highest BCUT2D eigenvalue weighted by Crippen LogP contribution is 2.18. The van der Waals surface area contributed by atoms with E-state index in [1.54, 1.807) is 13.8 Å². The molecule has 2 aromatic carbocycles. The summed E-state index contributed by atoms with van der Waals surface area (Å²) in [4.78, 5) is 14.5. The molecule has 0 bridgehead atoms. The summed E-state index contributed by atoms with van der Waals surface area (Å²) in [6.07, 6.45) is 0. The number of hydrogen-bond donors (Lipinski definition) is 2. The highest BCUT2D eigenvalue weighted by atomic mass is 32.2. The van der Waals surface area contributed by atoms with Crippen molar-refractivity contribution >= 4 is 21.6 Å². The van der Waals surface area contributed by atoms with Crippen molar-refractivity contribution in [1.29, 1.82) is 0 Å². The summed E-state index contributed by atoms with van der Waals surface area (Å²) in [5.41, 5.74) is 1.99. The zero-order chi connectivity index (χ0) is 22.4. The van der Waals surface area contributed by atoms with E-state index in [0.717, 1.165) is 30.4 Å². The normalized spacial score (nSPS) is 15.7. The van der Waals surface area contributed by atoms with E-state index in [0.29, 0.717) is 13.2 Å². The number of sulfonamides is 1. The van der Waals surface area contributed by atoms with Gasteiger partial charge in [-0.05, 0) is 35.7 Å². The fraction of sp³-hybridized carbons (Fsp3) is 0.409. The Labute approximate surface area is 182 Å². The van der Waals surface area contributed by atoms with Gasteiger partial charge in [-0.25, -0.2) is 12.8 Å². The summed E-state index contributed by atoms with van der Waals surface area (Å²) in [6, 6.07) is 11.9. The first kappa shape index (κ1) is 23.2. The molecule has 1 heterocycles. The maximum absolute atomic E-state index is 13.9. The van der Waals surface area contributed by atoms with Crippen molar-refractivity contribution in [1.82, 2.24) is 10.0 Å². The Morgan fingerprint density at radius 1 is 1.10 bits per heavy atom. The van der Waals surface area contributed by atoms with Crippen molar-refractivity contribution in [2.75, 3.05) is 31.2 Å². The molecule has 1 aliphatic rings. The van der Waals surface area contributed by atoms with E-state index in [2.05, 4.69) is 14.9 Å². The molecule has 31 heavy (non-hydrogen) atoms. The molecule has 0 unspecified atom stereocenters. The number of rotatable bonds is 8. The highest BCUT2D eigenvalue weighted by molar-refractivity contribution is 7.89. The number of halogens is 1. The van der Waals surface area contributed by atoms with Crippen molar-refractivity contribution in [3.63, 3.8) is 0 Å². The number of carbonyl (C=O) groups is 1. The Morgan fingerprint density at radius 3 is 2.35 bits per heavy atom. The molecule has 0 radical (unpaired) electrons. The molecule has 1 fully saturated rings. The molecular weight excluding hydrogens is 421 g/mol. The number of benzene rings is 2. The highest BCUT2D eigenvalue weighted by Gasteiger charge is 2.29. The fourth-order valence-corrected chi connectivity index (χ4v) is 4.75. The van der Waals surface area contributed by atoms with Crippen LogP contribution in [0.25, 0.3) is 0 Å². The van der Waals surface area contributed by atoms with Gasteiger partial charge >= 0.3 is 0 Å². The van der Waals surface area contributed by atoms with Crippen LogP contribution in [0.2, 0.25) is 0 Å². The summed E-state index contributed by atoms with van der Waals surface area (Å²) >= 11 is 0. The third kappa shape index (κ3) is 6.03. The van der Waals surface area contributed by atoms with Gasteiger partial charge < -0.3 is 15.0 Å². The van der Waals surface area contributed by atoms with Crippen LogP contribution < -0.4 is 14.9 Å². The largest absolute Gasteiger partial charge is 0.378 e. The lowest BCUT2D eigenvalue weighted by atomic mass is 10.0. The van der Waals surface area contributed by atoms with Crippen molar-refractivity contribution in [2.24, 2.45) is 5.92 Å². The third-order valence-corrected chi connectivity index (χ3v) is 6.61. The monoisotopic (exact) mass is 449 g/mol. The molecule has 2 aromatic rings. The standard InChI is InChI=1S/C22H28FN3O4S/c1-16(2)21(25-31(28,29)20-6-4-3-5-19(20)23)22(27)24-15-17-7-9-18(10-8-17)26-11-13-30-14-12-26/h3-10,16,21,25H,11-15H2,1-2H3,(H,24,27)/t21-/m0/s1. The molecular formula is C22H28FN3O4S. The predicted molar refractivity (Wildman–Crippen MR) is 117 cm³/mol. The SMILES string of the molecule is CC(C)[C@H](NS(=O)(=O)c1ccccc1F)C(=O)NCc1ccc(N2CCOCC2)cc1. The average Bonchev–Trinajstić information content (AvgIpc) is 2.77. The minimum Gasteiger partial charge on any atom is -0.378 e. The van der Waals surface area contributed by atoms with Gasteiger partial charge in [-0.1, -0.05) is 38.1 Å². The van der Waals surface area contributed by atoms with E-state index in [1.807, 2.05) is 24.3 Å². The Morgan fingerprint density at radius 2 is 1.74 bits per heavy atom. The molecule has 2 N–H and O–H groups in total. The van der Waals surface area contributed by atoms with Gasteiger partial charge in [0.05, 0.1) is 13.2 Å².